The molecule has 182 valence electrons. The molecule has 0 bridgehead atoms. The number of carboxylic acids is 1. The molecule has 5 nitrogen and oxygen atoms in total. The average molecular weight is 484 g/mol. The molecule has 36 heavy (non-hydrogen) atoms. The van der Waals surface area contributed by atoms with E-state index in [1.54, 1.807) is 6.07 Å². The van der Waals surface area contributed by atoms with Gasteiger partial charge in [-0.25, -0.2) is 9.18 Å². The fourth-order valence-electron chi connectivity index (χ4n) is 4.69. The summed E-state index contributed by atoms with van der Waals surface area (Å²) in [5.74, 6) is -0.165. The average Bonchev–Trinajstić information content (AvgIpc) is 2.89. The summed E-state index contributed by atoms with van der Waals surface area (Å²) in [7, 11) is 0. The van der Waals surface area contributed by atoms with Crippen molar-refractivity contribution in [1.29, 1.82) is 0 Å². The first-order chi connectivity index (χ1) is 17.5. The number of hydrogen-bond acceptors (Lipinski definition) is 4. The zero-order chi connectivity index (χ0) is 25.1. The predicted octanol–water partition coefficient (Wildman–Crippen LogP) is 6.55. The molecule has 0 aliphatic carbocycles. The van der Waals surface area contributed by atoms with Crippen molar-refractivity contribution in [1.82, 2.24) is 5.32 Å². The Morgan fingerprint density at radius 1 is 1.11 bits per heavy atom. The van der Waals surface area contributed by atoms with E-state index >= 15 is 0 Å². The highest BCUT2D eigenvalue weighted by molar-refractivity contribution is 5.86. The molecule has 1 heterocycles. The largest absolute Gasteiger partial charge is 0.482 e. The molecular formula is C30H26FNO4. The lowest BCUT2D eigenvalue weighted by Crippen LogP contribution is -2.19. The van der Waals surface area contributed by atoms with Crippen molar-refractivity contribution in [3.05, 3.63) is 119 Å². The Kier molecular flexibility index (Phi) is 6.58. The van der Waals surface area contributed by atoms with Gasteiger partial charge in [0, 0.05) is 36.2 Å². The maximum Gasteiger partial charge on any atom is 0.341 e. The second-order valence-electron chi connectivity index (χ2n) is 8.87. The highest BCUT2D eigenvalue weighted by atomic mass is 19.1. The van der Waals surface area contributed by atoms with Gasteiger partial charge in [-0.2, -0.15) is 0 Å². The zero-order valence-corrected chi connectivity index (χ0v) is 19.8. The molecule has 0 unspecified atom stereocenters. The van der Waals surface area contributed by atoms with Crippen molar-refractivity contribution in [2.45, 2.75) is 25.3 Å². The van der Waals surface area contributed by atoms with Crippen LogP contribution in [0.1, 0.15) is 42.0 Å². The second kappa shape index (κ2) is 10.1. The van der Waals surface area contributed by atoms with E-state index in [2.05, 4.69) is 42.6 Å². The first-order valence-electron chi connectivity index (χ1n) is 11.8. The van der Waals surface area contributed by atoms with Crippen LogP contribution in [0.5, 0.6) is 11.5 Å². The molecule has 0 fully saturated rings. The summed E-state index contributed by atoms with van der Waals surface area (Å²) in [4.78, 5) is 10.9. The van der Waals surface area contributed by atoms with E-state index in [9.17, 15) is 9.18 Å². The van der Waals surface area contributed by atoms with Gasteiger partial charge in [0.15, 0.2) is 6.61 Å². The van der Waals surface area contributed by atoms with Gasteiger partial charge in [0.25, 0.3) is 0 Å². The fraction of sp³-hybridized carbons (Fsp3) is 0.167. The number of halogens is 1. The molecule has 2 N–H and O–H groups in total. The number of carboxylic acid groups (broad SMARTS) is 1. The Hall–Kier alpha value is -4.32. The molecule has 1 aliphatic heterocycles. The van der Waals surface area contributed by atoms with Crippen LogP contribution in [0.4, 0.5) is 4.39 Å². The van der Waals surface area contributed by atoms with E-state index in [0.29, 0.717) is 17.7 Å². The Bertz CT molecular complexity index is 1440. The van der Waals surface area contributed by atoms with Gasteiger partial charge >= 0.3 is 5.97 Å². The zero-order valence-electron chi connectivity index (χ0n) is 19.8. The third-order valence-electron chi connectivity index (χ3n) is 6.38. The number of carbonyl (C=O) groups is 1. The number of allylic oxidation sites excluding steroid dienone is 1. The van der Waals surface area contributed by atoms with Gasteiger partial charge in [-0.1, -0.05) is 60.7 Å². The molecule has 0 aromatic heterocycles. The lowest BCUT2D eigenvalue weighted by atomic mass is 9.85. The summed E-state index contributed by atoms with van der Waals surface area (Å²) in [6.07, 6.45) is 2.39. The molecule has 5 rings (SSSR count). The number of para-hydroxylation sites is 1. The standard InChI is InChI=1S/C30H26FNO4/c1-19(25-11-6-8-20-7-2-3-9-26(20)25)32-17-24-16-28(27-10-4-5-12-29(27)36-24)21-13-22(31)15-23(14-21)35-18-30(33)34/h2-15,17,19,28,32H,16,18H2,1H3,(H,33,34)/b24-17+/t19-,28-/m1/s1. The van der Waals surface area contributed by atoms with Crippen molar-refractivity contribution in [2.75, 3.05) is 6.61 Å². The minimum absolute atomic E-state index is 0.0352. The van der Waals surface area contributed by atoms with E-state index in [1.807, 2.05) is 42.6 Å². The highest BCUT2D eigenvalue weighted by Gasteiger charge is 2.27. The fourth-order valence-corrected chi connectivity index (χ4v) is 4.69. The van der Waals surface area contributed by atoms with Crippen molar-refractivity contribution in [2.24, 2.45) is 0 Å². The topological polar surface area (TPSA) is 67.8 Å². The first-order valence-corrected chi connectivity index (χ1v) is 11.8. The summed E-state index contributed by atoms with van der Waals surface area (Å²) in [5.41, 5.74) is 2.81. The van der Waals surface area contributed by atoms with Crippen LogP contribution < -0.4 is 14.8 Å². The maximum atomic E-state index is 14.5. The van der Waals surface area contributed by atoms with Crippen LogP contribution >= 0.6 is 0 Å². The van der Waals surface area contributed by atoms with Crippen LogP contribution in [0.2, 0.25) is 0 Å². The van der Waals surface area contributed by atoms with Gasteiger partial charge in [0.05, 0.1) is 0 Å². The number of hydrogen-bond donors (Lipinski definition) is 2. The highest BCUT2D eigenvalue weighted by Crippen LogP contribution is 2.42. The molecule has 0 radical (unpaired) electrons. The summed E-state index contributed by atoms with van der Waals surface area (Å²) >= 11 is 0. The van der Waals surface area contributed by atoms with E-state index < -0.39 is 18.4 Å². The quantitative estimate of drug-likeness (QED) is 0.312. The summed E-state index contributed by atoms with van der Waals surface area (Å²) in [6.45, 7) is 1.57. The van der Waals surface area contributed by atoms with Gasteiger partial charge < -0.3 is 19.9 Å². The Morgan fingerprint density at radius 3 is 2.75 bits per heavy atom. The molecule has 6 heteroatoms. The molecule has 1 aliphatic rings. The lowest BCUT2D eigenvalue weighted by molar-refractivity contribution is -0.139. The van der Waals surface area contributed by atoms with E-state index in [-0.39, 0.29) is 17.7 Å². The Balaban J connectivity index is 1.43. The third-order valence-corrected chi connectivity index (χ3v) is 6.38. The normalized spacial score (nSPS) is 16.7. The minimum atomic E-state index is -1.12. The molecule has 4 aromatic carbocycles. The van der Waals surface area contributed by atoms with Crippen LogP contribution in [0.15, 0.2) is 96.9 Å². The minimum Gasteiger partial charge on any atom is -0.482 e. The predicted molar refractivity (Wildman–Crippen MR) is 137 cm³/mol. The van der Waals surface area contributed by atoms with Gasteiger partial charge in [-0.05, 0) is 47.0 Å². The van der Waals surface area contributed by atoms with Gasteiger partial charge in [0.1, 0.15) is 23.1 Å². The monoisotopic (exact) mass is 483 g/mol. The smallest absolute Gasteiger partial charge is 0.341 e. The number of rotatable bonds is 7. The maximum absolute atomic E-state index is 14.5. The molecule has 0 saturated heterocycles. The van der Waals surface area contributed by atoms with Gasteiger partial charge in [0.2, 0.25) is 0 Å². The van der Waals surface area contributed by atoms with Crippen molar-refractivity contribution in [3.63, 3.8) is 0 Å². The lowest BCUT2D eigenvalue weighted by Gasteiger charge is -2.28. The van der Waals surface area contributed by atoms with E-state index in [4.69, 9.17) is 14.6 Å². The number of aliphatic carboxylic acids is 1. The van der Waals surface area contributed by atoms with Crippen LogP contribution in [-0.4, -0.2) is 17.7 Å². The summed E-state index contributed by atoms with van der Waals surface area (Å²) < 4.78 is 25.9. The van der Waals surface area contributed by atoms with Crippen LogP contribution in [0.25, 0.3) is 10.8 Å². The molecular weight excluding hydrogens is 457 g/mol. The van der Waals surface area contributed by atoms with Crippen LogP contribution in [-0.2, 0) is 4.79 Å². The molecule has 4 aromatic rings. The molecule has 2 atom stereocenters. The summed E-state index contributed by atoms with van der Waals surface area (Å²) in [5, 5.41) is 14.8. The van der Waals surface area contributed by atoms with Crippen LogP contribution in [0, 0.1) is 5.82 Å². The first kappa shape index (κ1) is 23.4. The number of nitrogens with one attached hydrogen (secondary N) is 1. The SMILES string of the molecule is C[C@@H](N/C=C1\C[C@H](c2cc(F)cc(OCC(=O)O)c2)c2ccccc2O1)c1cccc2ccccc12. The van der Waals surface area contributed by atoms with E-state index in [1.165, 1.54) is 28.5 Å². The summed E-state index contributed by atoms with van der Waals surface area (Å²) in [6, 6.07) is 26.6. The van der Waals surface area contributed by atoms with Gasteiger partial charge in [-0.3, -0.25) is 0 Å². The van der Waals surface area contributed by atoms with Crippen molar-refractivity contribution in [3.8, 4) is 11.5 Å². The van der Waals surface area contributed by atoms with Crippen LogP contribution in [0.3, 0.4) is 0 Å². The van der Waals surface area contributed by atoms with E-state index in [0.717, 1.165) is 11.3 Å². The number of ether oxygens (including phenoxy) is 2. The number of fused-ring (bicyclic) bond motifs is 2. The molecule has 0 spiro atoms. The Labute approximate surface area is 208 Å². The number of benzene rings is 4. The second-order valence-corrected chi connectivity index (χ2v) is 8.87. The van der Waals surface area contributed by atoms with Crippen molar-refractivity contribution < 1.29 is 23.8 Å². The molecule has 0 saturated carbocycles. The Morgan fingerprint density at radius 2 is 1.89 bits per heavy atom. The van der Waals surface area contributed by atoms with Gasteiger partial charge in [-0.15, -0.1) is 0 Å². The molecule has 0 amide bonds. The van der Waals surface area contributed by atoms with Crippen molar-refractivity contribution >= 4 is 16.7 Å². The third kappa shape index (κ3) is 5.03.